The number of rotatable bonds is 1. The molecule has 0 N–H and O–H groups in total. The molecule has 0 fully saturated rings. The molecule has 0 radical (unpaired) electrons. The van der Waals surface area contributed by atoms with Gasteiger partial charge in [0.15, 0.2) is 0 Å². The van der Waals surface area contributed by atoms with Crippen LogP contribution in [0.5, 0.6) is 0 Å². The Bertz CT molecular complexity index is 1170. The number of hydrogen-bond donors (Lipinski definition) is 0. The summed E-state index contributed by atoms with van der Waals surface area (Å²) >= 11 is 3.29. The average Bonchev–Trinajstić information content (AvgIpc) is 3.51. The second kappa shape index (κ2) is 14.4. The van der Waals surface area contributed by atoms with Crippen molar-refractivity contribution in [2.75, 3.05) is 0 Å². The Morgan fingerprint density at radius 2 is 1.54 bits per heavy atom. The minimum atomic E-state index is 0. The molecule has 0 bridgehead atoms. The first-order chi connectivity index (χ1) is 16.4. The molecule has 0 amide bonds. The molecule has 0 saturated carbocycles. The maximum Gasteiger partial charge on any atom is -0.0219 e. The van der Waals surface area contributed by atoms with E-state index in [0.717, 1.165) is 12.8 Å². The van der Waals surface area contributed by atoms with Crippen LogP contribution < -0.4 is 24.8 Å². The predicted molar refractivity (Wildman–Crippen MR) is 152 cm³/mol. The van der Waals surface area contributed by atoms with Crippen molar-refractivity contribution in [1.29, 1.82) is 0 Å². The SMILES string of the molecule is CC(C)(C)c1[c-]c2c(cc1)-c1ccc(C(C)(C)C)cc1C2.C[C](C)=[Zr+2].[C-]1=C(c2ccsc2)C=CC1.[Cl-].[Cl-]. The average molecular weight is 629 g/mol. The van der Waals surface area contributed by atoms with Crippen molar-refractivity contribution in [1.82, 2.24) is 0 Å². The third-order valence-electron chi connectivity index (χ3n) is 5.99. The van der Waals surface area contributed by atoms with E-state index >= 15 is 0 Å². The van der Waals surface area contributed by atoms with Gasteiger partial charge in [0, 0.05) is 0 Å². The fourth-order valence-electron chi connectivity index (χ4n) is 4.05. The van der Waals surface area contributed by atoms with Gasteiger partial charge in [-0.2, -0.15) is 52.8 Å². The molecule has 4 heteroatoms. The molecule has 0 atom stereocenters. The van der Waals surface area contributed by atoms with Gasteiger partial charge in [-0.1, -0.05) is 83.2 Å². The first kappa shape index (κ1) is 34.0. The molecule has 2 aliphatic rings. The molecular weight excluding hydrogens is 591 g/mol. The van der Waals surface area contributed by atoms with Crippen molar-refractivity contribution in [2.45, 2.75) is 79.1 Å². The molecule has 2 aromatic carbocycles. The van der Waals surface area contributed by atoms with Crippen LogP contribution in [0.4, 0.5) is 0 Å². The van der Waals surface area contributed by atoms with Gasteiger partial charge in [0.05, 0.1) is 0 Å². The summed E-state index contributed by atoms with van der Waals surface area (Å²) in [4.78, 5) is 0. The third kappa shape index (κ3) is 9.58. The van der Waals surface area contributed by atoms with Crippen LogP contribution >= 0.6 is 11.3 Å². The maximum atomic E-state index is 3.67. The predicted octanol–water partition coefficient (Wildman–Crippen LogP) is 3.30. The summed E-state index contributed by atoms with van der Waals surface area (Å²) in [6, 6.07) is 17.3. The van der Waals surface area contributed by atoms with Crippen molar-refractivity contribution in [2.24, 2.45) is 0 Å². The Balaban J connectivity index is 0.000000358. The Morgan fingerprint density at radius 1 is 0.892 bits per heavy atom. The molecule has 2 aliphatic carbocycles. The molecule has 0 spiro atoms. The summed E-state index contributed by atoms with van der Waals surface area (Å²) < 4.78 is 1.51. The molecule has 196 valence electrons. The van der Waals surface area contributed by atoms with E-state index in [1.54, 1.807) is 35.6 Å². The zero-order valence-electron chi connectivity index (χ0n) is 23.4. The molecule has 37 heavy (non-hydrogen) atoms. The van der Waals surface area contributed by atoms with Crippen molar-refractivity contribution >= 4 is 20.1 Å². The number of fused-ring (bicyclic) bond motifs is 3. The summed E-state index contributed by atoms with van der Waals surface area (Å²) in [6.45, 7) is 17.8. The van der Waals surface area contributed by atoms with Crippen molar-refractivity contribution in [3.05, 3.63) is 99.3 Å². The number of thiophene rings is 1. The molecule has 1 heterocycles. The van der Waals surface area contributed by atoms with Crippen LogP contribution in [0.1, 0.15) is 89.6 Å². The van der Waals surface area contributed by atoms with E-state index in [-0.39, 0.29) is 35.6 Å². The Morgan fingerprint density at radius 3 is 2.05 bits per heavy atom. The van der Waals surface area contributed by atoms with E-state index in [1.807, 2.05) is 0 Å². The van der Waals surface area contributed by atoms with E-state index < -0.39 is 0 Å². The second-order valence-corrected chi connectivity index (χ2v) is 14.8. The third-order valence-corrected chi connectivity index (χ3v) is 6.67. The minimum Gasteiger partial charge on any atom is -1.00 e. The topological polar surface area (TPSA) is 0 Å². The zero-order valence-corrected chi connectivity index (χ0v) is 28.1. The fraction of sp³-hybridized carbons (Fsp3) is 0.364. The van der Waals surface area contributed by atoms with Crippen molar-refractivity contribution in [3.63, 3.8) is 0 Å². The zero-order chi connectivity index (χ0) is 25.8. The summed E-state index contributed by atoms with van der Waals surface area (Å²) in [5, 5.41) is 4.24. The van der Waals surface area contributed by atoms with Gasteiger partial charge < -0.3 is 24.8 Å². The Labute approximate surface area is 256 Å². The van der Waals surface area contributed by atoms with Crippen LogP contribution in [-0.4, -0.2) is 3.21 Å². The summed E-state index contributed by atoms with van der Waals surface area (Å²) in [6.07, 6.45) is 9.53. The monoisotopic (exact) mass is 626 g/mol. The minimum absolute atomic E-state index is 0. The molecule has 0 nitrogen and oxygen atoms in total. The number of benzene rings is 2. The van der Waals surface area contributed by atoms with Gasteiger partial charge in [-0.05, 0) is 33.8 Å². The molecular formula is C33H38Cl2SZr-2. The van der Waals surface area contributed by atoms with Gasteiger partial charge in [-0.3, -0.25) is 0 Å². The quantitative estimate of drug-likeness (QED) is 0.284. The van der Waals surface area contributed by atoms with Crippen LogP contribution in [0.15, 0.2) is 59.3 Å². The molecule has 0 saturated heterocycles. The van der Waals surface area contributed by atoms with Crippen molar-refractivity contribution < 1.29 is 49.0 Å². The molecule has 0 unspecified atom stereocenters. The van der Waals surface area contributed by atoms with Gasteiger partial charge in [-0.25, -0.2) is 0 Å². The van der Waals surface area contributed by atoms with Crippen LogP contribution in [0.2, 0.25) is 0 Å². The summed E-state index contributed by atoms with van der Waals surface area (Å²) in [7, 11) is 0. The molecule has 5 rings (SSSR count). The van der Waals surface area contributed by atoms with Crippen LogP contribution in [0.3, 0.4) is 0 Å². The van der Waals surface area contributed by atoms with Gasteiger partial charge in [0.2, 0.25) is 0 Å². The first-order valence-corrected chi connectivity index (χ1v) is 14.5. The van der Waals surface area contributed by atoms with Crippen LogP contribution in [-0.2, 0) is 41.5 Å². The van der Waals surface area contributed by atoms with Gasteiger partial charge in [-0.15, -0.1) is 22.8 Å². The normalized spacial score (nSPS) is 13.0. The van der Waals surface area contributed by atoms with Crippen molar-refractivity contribution in [3.8, 4) is 11.1 Å². The largest absolute Gasteiger partial charge is 1.00 e. The van der Waals surface area contributed by atoms with E-state index in [0.29, 0.717) is 0 Å². The Hall–Kier alpha value is -1.05. The van der Waals surface area contributed by atoms with E-state index in [1.165, 1.54) is 47.7 Å². The standard InChI is InChI=1S/C21H25.C9H7S.C3H6.2ClH.Zr/c1-20(2,3)16-7-9-18-14(12-16)11-15-13-17(21(4,5)6)8-10-19(15)18;1-2-4-8(3-1)9-5-6-10-7-9;1-3-2;;;/h7-10,12H,11H2,1-6H3;1,3,5-7H,2H2;1-2H3;2*1H;/q2*-1;;;;+2/p-2. The van der Waals surface area contributed by atoms with Gasteiger partial charge in [0.1, 0.15) is 0 Å². The summed E-state index contributed by atoms with van der Waals surface area (Å²) in [5.41, 5.74) is 11.3. The van der Waals surface area contributed by atoms with E-state index in [4.69, 9.17) is 0 Å². The summed E-state index contributed by atoms with van der Waals surface area (Å²) in [5.74, 6) is 0. The fourth-order valence-corrected chi connectivity index (χ4v) is 4.70. The van der Waals surface area contributed by atoms with Crippen LogP contribution in [0, 0.1) is 12.1 Å². The van der Waals surface area contributed by atoms with Gasteiger partial charge >= 0.3 is 41.3 Å². The molecule has 0 aliphatic heterocycles. The van der Waals surface area contributed by atoms with E-state index in [9.17, 15) is 0 Å². The first-order valence-electron chi connectivity index (χ1n) is 12.4. The smallest absolute Gasteiger partial charge is 0.0219 e. The number of allylic oxidation sites excluding steroid dienone is 4. The maximum absolute atomic E-state index is 3.67. The van der Waals surface area contributed by atoms with E-state index in [2.05, 4.69) is 127 Å². The molecule has 1 aromatic heterocycles. The van der Waals surface area contributed by atoms with Crippen LogP contribution in [0.25, 0.3) is 16.7 Å². The van der Waals surface area contributed by atoms with Gasteiger partial charge in [0.25, 0.3) is 0 Å². The number of halogens is 2. The Kier molecular flexibility index (Phi) is 13.2. The second-order valence-electron chi connectivity index (χ2n) is 11.5. The number of hydrogen-bond acceptors (Lipinski definition) is 1. The molecule has 3 aromatic rings.